The highest BCUT2D eigenvalue weighted by molar-refractivity contribution is 7.88. The molecule has 0 saturated heterocycles. The van der Waals surface area contributed by atoms with Gasteiger partial charge in [-0.3, -0.25) is 4.79 Å². The molecular formula is C21H26N2O4S. The molecule has 1 amide bonds. The minimum atomic E-state index is -3.57. The van der Waals surface area contributed by atoms with E-state index < -0.39 is 21.7 Å². The van der Waals surface area contributed by atoms with Gasteiger partial charge in [0.2, 0.25) is 15.9 Å². The molecule has 6 nitrogen and oxygen atoms in total. The minimum absolute atomic E-state index is 0.272. The number of ether oxygens (including phenoxy) is 1. The maximum absolute atomic E-state index is 13.3. The minimum Gasteiger partial charge on any atom is -0.487 e. The van der Waals surface area contributed by atoms with Crippen molar-refractivity contribution in [2.75, 3.05) is 13.3 Å². The van der Waals surface area contributed by atoms with Crippen LogP contribution in [0.25, 0.3) is 0 Å². The van der Waals surface area contributed by atoms with Gasteiger partial charge in [0, 0.05) is 19.0 Å². The molecule has 0 spiro atoms. The number of carbonyl (C=O) groups is 1. The molecule has 2 aromatic rings. The largest absolute Gasteiger partial charge is 0.487 e. The Morgan fingerprint density at radius 3 is 2.39 bits per heavy atom. The molecular weight excluding hydrogens is 376 g/mol. The van der Waals surface area contributed by atoms with Crippen molar-refractivity contribution in [1.29, 1.82) is 0 Å². The quantitative estimate of drug-likeness (QED) is 0.834. The Morgan fingerprint density at radius 1 is 1.14 bits per heavy atom. The van der Waals surface area contributed by atoms with Crippen LogP contribution in [-0.2, 0) is 14.8 Å². The first-order valence-electron chi connectivity index (χ1n) is 9.15. The van der Waals surface area contributed by atoms with E-state index in [4.69, 9.17) is 4.74 Å². The van der Waals surface area contributed by atoms with Crippen molar-refractivity contribution in [1.82, 2.24) is 9.62 Å². The zero-order valence-electron chi connectivity index (χ0n) is 16.5. The van der Waals surface area contributed by atoms with E-state index in [9.17, 15) is 13.2 Å². The first kappa shape index (κ1) is 20.4. The summed E-state index contributed by atoms with van der Waals surface area (Å²) in [6, 6.07) is 15.3. The number of hydrogen-bond donors (Lipinski definition) is 1. The second kappa shape index (κ2) is 7.56. The molecule has 150 valence electrons. The van der Waals surface area contributed by atoms with Gasteiger partial charge in [-0.05, 0) is 25.5 Å². The summed E-state index contributed by atoms with van der Waals surface area (Å²) in [5, 5.41) is 3.06. The van der Waals surface area contributed by atoms with Gasteiger partial charge >= 0.3 is 0 Å². The number of rotatable bonds is 5. The molecule has 28 heavy (non-hydrogen) atoms. The summed E-state index contributed by atoms with van der Waals surface area (Å²) in [7, 11) is -2.15. The van der Waals surface area contributed by atoms with Crippen LogP contribution in [-0.4, -0.2) is 37.5 Å². The van der Waals surface area contributed by atoms with E-state index in [1.165, 1.54) is 7.05 Å². The lowest BCUT2D eigenvalue weighted by atomic mass is 9.89. The first-order chi connectivity index (χ1) is 13.1. The zero-order chi connectivity index (χ0) is 20.5. The predicted octanol–water partition coefficient (Wildman–Crippen LogP) is 3.04. The monoisotopic (exact) mass is 402 g/mol. The summed E-state index contributed by atoms with van der Waals surface area (Å²) in [5.41, 5.74) is 1.06. The van der Waals surface area contributed by atoms with E-state index >= 15 is 0 Å². The fraction of sp³-hybridized carbons (Fsp3) is 0.381. The summed E-state index contributed by atoms with van der Waals surface area (Å²) in [4.78, 5) is 13.3. The second-order valence-corrected chi connectivity index (χ2v) is 9.80. The molecule has 3 rings (SSSR count). The molecule has 0 fully saturated rings. The molecule has 2 atom stereocenters. The number of carbonyl (C=O) groups excluding carboxylic acids is 1. The zero-order valence-corrected chi connectivity index (χ0v) is 17.4. The Kier molecular flexibility index (Phi) is 5.50. The van der Waals surface area contributed by atoms with Crippen molar-refractivity contribution in [3.8, 4) is 5.75 Å². The number of hydrogen-bond acceptors (Lipinski definition) is 4. The highest BCUT2D eigenvalue weighted by Crippen LogP contribution is 2.39. The van der Waals surface area contributed by atoms with Crippen LogP contribution in [0.1, 0.15) is 43.5 Å². The van der Waals surface area contributed by atoms with E-state index in [1.54, 1.807) is 24.3 Å². The molecule has 2 aromatic carbocycles. The number of likely N-dealkylation sites (N-methyl/N-ethyl adjacent to an activating group) is 1. The van der Waals surface area contributed by atoms with Gasteiger partial charge < -0.3 is 10.1 Å². The van der Waals surface area contributed by atoms with Gasteiger partial charge in [-0.1, -0.05) is 48.5 Å². The molecule has 1 aliphatic heterocycles. The van der Waals surface area contributed by atoms with Crippen LogP contribution in [0.15, 0.2) is 54.6 Å². The van der Waals surface area contributed by atoms with Crippen molar-refractivity contribution in [2.45, 2.75) is 38.0 Å². The van der Waals surface area contributed by atoms with Gasteiger partial charge in [0.1, 0.15) is 17.4 Å². The lowest BCUT2D eigenvalue weighted by Crippen LogP contribution is -2.46. The van der Waals surface area contributed by atoms with Crippen LogP contribution >= 0.6 is 0 Å². The Morgan fingerprint density at radius 2 is 1.75 bits per heavy atom. The van der Waals surface area contributed by atoms with E-state index in [0.29, 0.717) is 12.0 Å². The van der Waals surface area contributed by atoms with Crippen LogP contribution in [0.3, 0.4) is 0 Å². The molecule has 0 bridgehead atoms. The number of para-hydroxylation sites is 1. The third-order valence-corrected chi connectivity index (χ3v) is 6.20. The van der Waals surface area contributed by atoms with Gasteiger partial charge in [0.15, 0.2) is 0 Å². The Bertz CT molecular complexity index is 957. The lowest BCUT2D eigenvalue weighted by molar-refractivity contribution is -0.126. The molecule has 1 N–H and O–H groups in total. The van der Waals surface area contributed by atoms with Crippen LogP contribution in [0.5, 0.6) is 5.75 Å². The van der Waals surface area contributed by atoms with Crippen LogP contribution in [0.4, 0.5) is 0 Å². The van der Waals surface area contributed by atoms with E-state index in [2.05, 4.69) is 5.32 Å². The van der Waals surface area contributed by atoms with E-state index in [0.717, 1.165) is 21.9 Å². The standard InChI is InChI=1S/C21H26N2O4S/c1-21(2)14-17(16-12-8-9-13-18(16)27-21)22-20(24)19(23(3)28(4,25)26)15-10-6-5-7-11-15/h5-13,17,19H,14H2,1-4H3,(H,22,24)/t17-,19-/m1/s1. The fourth-order valence-electron chi connectivity index (χ4n) is 3.53. The highest BCUT2D eigenvalue weighted by Gasteiger charge is 2.37. The van der Waals surface area contributed by atoms with E-state index in [1.807, 2.05) is 44.2 Å². The average Bonchev–Trinajstić information content (AvgIpc) is 2.61. The number of benzene rings is 2. The smallest absolute Gasteiger partial charge is 0.243 e. The molecule has 0 radical (unpaired) electrons. The van der Waals surface area contributed by atoms with Crippen LogP contribution in [0.2, 0.25) is 0 Å². The van der Waals surface area contributed by atoms with Crippen molar-refractivity contribution < 1.29 is 17.9 Å². The Labute approximate surface area is 166 Å². The molecule has 1 aliphatic rings. The number of nitrogens with zero attached hydrogens (tertiary/aromatic N) is 1. The van der Waals surface area contributed by atoms with Crippen molar-refractivity contribution in [3.05, 3.63) is 65.7 Å². The number of sulfonamides is 1. The third-order valence-electron chi connectivity index (χ3n) is 4.94. The number of amides is 1. The predicted molar refractivity (Wildman–Crippen MR) is 108 cm³/mol. The topological polar surface area (TPSA) is 75.7 Å². The summed E-state index contributed by atoms with van der Waals surface area (Å²) in [5.74, 6) is 0.369. The van der Waals surface area contributed by atoms with Gasteiger partial charge in [-0.2, -0.15) is 4.31 Å². The first-order valence-corrected chi connectivity index (χ1v) is 11.0. The molecule has 0 aliphatic carbocycles. The fourth-order valence-corrected chi connectivity index (χ4v) is 4.14. The Hall–Kier alpha value is -2.38. The van der Waals surface area contributed by atoms with Crippen LogP contribution in [0, 0.1) is 0 Å². The second-order valence-electron chi connectivity index (χ2n) is 7.76. The SMILES string of the molecule is CN([C@@H](C(=O)N[C@@H]1CC(C)(C)Oc2ccccc21)c1ccccc1)S(C)(=O)=O. The third kappa shape index (κ3) is 4.36. The maximum atomic E-state index is 13.3. The van der Waals surface area contributed by atoms with Gasteiger partial charge in [-0.25, -0.2) is 8.42 Å². The summed E-state index contributed by atoms with van der Waals surface area (Å²) >= 11 is 0. The average molecular weight is 403 g/mol. The van der Waals surface area contributed by atoms with E-state index in [-0.39, 0.29) is 11.9 Å². The summed E-state index contributed by atoms with van der Waals surface area (Å²) in [6.45, 7) is 3.94. The van der Waals surface area contributed by atoms with Gasteiger partial charge in [0.25, 0.3) is 0 Å². The highest BCUT2D eigenvalue weighted by atomic mass is 32.2. The van der Waals surface area contributed by atoms with Gasteiger partial charge in [0.05, 0.1) is 12.3 Å². The maximum Gasteiger partial charge on any atom is 0.243 e. The molecule has 1 heterocycles. The molecule has 0 aromatic heterocycles. The normalized spacial score (nSPS) is 19.4. The van der Waals surface area contributed by atoms with Crippen molar-refractivity contribution in [3.63, 3.8) is 0 Å². The summed E-state index contributed by atoms with van der Waals surface area (Å²) in [6.07, 6.45) is 1.68. The molecule has 0 unspecified atom stereocenters. The lowest BCUT2D eigenvalue weighted by Gasteiger charge is -2.38. The van der Waals surface area contributed by atoms with Gasteiger partial charge in [-0.15, -0.1) is 0 Å². The van der Waals surface area contributed by atoms with Crippen LogP contribution < -0.4 is 10.1 Å². The molecule has 0 saturated carbocycles. The number of fused-ring (bicyclic) bond motifs is 1. The molecule has 7 heteroatoms. The van der Waals surface area contributed by atoms with Crippen molar-refractivity contribution >= 4 is 15.9 Å². The summed E-state index contributed by atoms with van der Waals surface area (Å²) < 4.78 is 31.5. The van der Waals surface area contributed by atoms with Crippen molar-refractivity contribution in [2.24, 2.45) is 0 Å². The Balaban J connectivity index is 1.94. The number of nitrogens with one attached hydrogen (secondary N) is 1.